The Kier molecular flexibility index (Phi) is 7.19. The van der Waals surface area contributed by atoms with Crippen LogP contribution >= 0.6 is 0 Å². The van der Waals surface area contributed by atoms with E-state index in [9.17, 15) is 52.7 Å². The monoisotopic (exact) mass is 578 g/mol. The highest BCUT2D eigenvalue weighted by atomic mass is 19.4. The van der Waals surface area contributed by atoms with Crippen LogP contribution in [-0.2, 0) is 24.7 Å². The zero-order valence-corrected chi connectivity index (χ0v) is 19.6. The van der Waals surface area contributed by atoms with Gasteiger partial charge in [0, 0.05) is 0 Å². The van der Waals surface area contributed by atoms with Gasteiger partial charge in [-0.15, -0.1) is 0 Å². The molecule has 0 atom stereocenters. The molecule has 0 nitrogen and oxygen atoms in total. The predicted molar refractivity (Wildman–Crippen MR) is 123 cm³/mol. The van der Waals surface area contributed by atoms with Crippen molar-refractivity contribution < 1.29 is 52.7 Å². The predicted octanol–water partition coefficient (Wildman–Crippen LogP) is 10.8. The first-order chi connectivity index (χ1) is 18.4. The van der Waals surface area contributed by atoms with E-state index in [0.717, 1.165) is 54.6 Å². The number of hydrogen-bond acceptors (Lipinski definition) is 0. The highest BCUT2D eigenvalue weighted by Crippen LogP contribution is 2.51. The topological polar surface area (TPSA) is 0 Å². The van der Waals surface area contributed by atoms with Crippen molar-refractivity contribution in [3.05, 3.63) is 107 Å². The van der Waals surface area contributed by atoms with Gasteiger partial charge in [-0.2, -0.15) is 52.7 Å². The molecule has 0 N–H and O–H groups in total. The number of halogens is 12. The van der Waals surface area contributed by atoms with Gasteiger partial charge in [-0.3, -0.25) is 0 Å². The molecular formula is C28H14F12. The number of hydrogen-bond donors (Lipinski definition) is 0. The summed E-state index contributed by atoms with van der Waals surface area (Å²) in [6.45, 7) is 0. The van der Waals surface area contributed by atoms with Gasteiger partial charge < -0.3 is 0 Å². The van der Waals surface area contributed by atoms with Crippen LogP contribution in [0, 0.1) is 0 Å². The van der Waals surface area contributed by atoms with Gasteiger partial charge in [0.25, 0.3) is 0 Å². The summed E-state index contributed by atoms with van der Waals surface area (Å²) in [7, 11) is 0. The summed E-state index contributed by atoms with van der Waals surface area (Å²) in [5, 5.41) is 0. The van der Waals surface area contributed by atoms with E-state index in [1.165, 1.54) is 0 Å². The van der Waals surface area contributed by atoms with Crippen LogP contribution in [0.15, 0.2) is 84.9 Å². The molecule has 40 heavy (non-hydrogen) atoms. The van der Waals surface area contributed by atoms with E-state index in [0.29, 0.717) is 18.2 Å². The first-order valence-electron chi connectivity index (χ1n) is 11.2. The van der Waals surface area contributed by atoms with E-state index in [-0.39, 0.29) is 12.1 Å². The van der Waals surface area contributed by atoms with Gasteiger partial charge in [0.1, 0.15) is 0 Å². The van der Waals surface area contributed by atoms with Crippen molar-refractivity contribution in [2.24, 2.45) is 0 Å². The number of benzene rings is 4. The summed E-state index contributed by atoms with van der Waals surface area (Å²) in [6, 6.07) is 10.1. The van der Waals surface area contributed by atoms with E-state index in [1.54, 1.807) is 0 Å². The lowest BCUT2D eigenvalue weighted by molar-refractivity contribution is -0.138. The molecule has 0 aliphatic carbocycles. The van der Waals surface area contributed by atoms with Crippen LogP contribution in [-0.4, -0.2) is 0 Å². The Hall–Kier alpha value is -3.96. The highest BCUT2D eigenvalue weighted by Gasteiger charge is 2.41. The van der Waals surface area contributed by atoms with Gasteiger partial charge in [-0.25, -0.2) is 0 Å². The van der Waals surface area contributed by atoms with Crippen molar-refractivity contribution >= 4 is 0 Å². The van der Waals surface area contributed by atoms with E-state index >= 15 is 0 Å². The Balaban J connectivity index is 2.31. The average molecular weight is 578 g/mol. The Morgan fingerprint density at radius 1 is 0.325 bits per heavy atom. The van der Waals surface area contributed by atoms with E-state index < -0.39 is 80.3 Å². The maximum atomic E-state index is 14.1. The van der Waals surface area contributed by atoms with Crippen molar-refractivity contribution in [1.82, 2.24) is 0 Å². The van der Waals surface area contributed by atoms with Gasteiger partial charge in [0.05, 0.1) is 22.3 Å². The third-order valence-corrected chi connectivity index (χ3v) is 6.01. The average Bonchev–Trinajstić information content (AvgIpc) is 2.86. The number of rotatable bonds is 3. The molecule has 0 aliphatic heterocycles. The second-order valence-corrected chi connectivity index (χ2v) is 8.57. The Labute approximate surface area is 218 Å². The van der Waals surface area contributed by atoms with E-state index in [4.69, 9.17) is 0 Å². The van der Waals surface area contributed by atoms with Crippen LogP contribution < -0.4 is 0 Å². The minimum absolute atomic E-state index is 0.215. The molecule has 4 aromatic carbocycles. The third kappa shape index (κ3) is 5.66. The van der Waals surface area contributed by atoms with Crippen LogP contribution in [0.4, 0.5) is 52.7 Å². The van der Waals surface area contributed by atoms with Crippen molar-refractivity contribution in [1.29, 1.82) is 0 Å². The normalized spacial score (nSPS) is 13.0. The molecule has 0 heterocycles. The third-order valence-electron chi connectivity index (χ3n) is 6.01. The van der Waals surface area contributed by atoms with Gasteiger partial charge in [0.15, 0.2) is 0 Å². The summed E-state index contributed by atoms with van der Waals surface area (Å²) in [5.74, 6) is 0. The van der Waals surface area contributed by atoms with Gasteiger partial charge in [-0.05, 0) is 63.7 Å². The van der Waals surface area contributed by atoms with Crippen molar-refractivity contribution in [3.8, 4) is 33.4 Å². The fourth-order valence-electron chi connectivity index (χ4n) is 4.40. The lowest BCUT2D eigenvalue weighted by Crippen LogP contribution is -2.13. The molecule has 0 unspecified atom stereocenters. The summed E-state index contributed by atoms with van der Waals surface area (Å²) < 4.78 is 168. The minimum Gasteiger partial charge on any atom is -0.166 e. The zero-order chi connectivity index (χ0) is 29.7. The Morgan fingerprint density at radius 2 is 0.625 bits per heavy atom. The summed E-state index contributed by atoms with van der Waals surface area (Å²) in [5.41, 5.74) is -11.7. The van der Waals surface area contributed by atoms with Crippen molar-refractivity contribution in [2.45, 2.75) is 24.7 Å². The van der Waals surface area contributed by atoms with Crippen molar-refractivity contribution in [2.75, 3.05) is 0 Å². The van der Waals surface area contributed by atoms with Crippen LogP contribution in [0.2, 0.25) is 0 Å². The molecule has 0 fully saturated rings. The van der Waals surface area contributed by atoms with E-state index in [2.05, 4.69) is 0 Å². The quantitative estimate of drug-likeness (QED) is 0.212. The summed E-state index contributed by atoms with van der Waals surface area (Å²) in [6.07, 6.45) is -20.8. The molecule has 4 aromatic rings. The molecule has 12 heteroatoms. The first-order valence-corrected chi connectivity index (χ1v) is 11.2. The maximum absolute atomic E-state index is 14.1. The van der Waals surface area contributed by atoms with Crippen LogP contribution in [0.1, 0.15) is 22.3 Å². The van der Waals surface area contributed by atoms with Gasteiger partial charge in [-0.1, -0.05) is 54.6 Å². The summed E-state index contributed by atoms with van der Waals surface area (Å²) >= 11 is 0. The van der Waals surface area contributed by atoms with Crippen LogP contribution in [0.5, 0.6) is 0 Å². The lowest BCUT2D eigenvalue weighted by Gasteiger charge is -2.24. The zero-order valence-electron chi connectivity index (χ0n) is 19.6. The molecule has 0 radical (unpaired) electrons. The van der Waals surface area contributed by atoms with E-state index in [1.807, 2.05) is 0 Å². The molecule has 0 saturated carbocycles. The molecule has 210 valence electrons. The Morgan fingerprint density at radius 3 is 0.950 bits per heavy atom. The summed E-state index contributed by atoms with van der Waals surface area (Å²) in [4.78, 5) is 0. The van der Waals surface area contributed by atoms with Crippen LogP contribution in [0.25, 0.3) is 33.4 Å². The first kappa shape index (κ1) is 29.0. The van der Waals surface area contributed by atoms with Crippen LogP contribution in [0.3, 0.4) is 0 Å². The molecule has 4 rings (SSSR count). The number of alkyl halides is 12. The molecule has 0 saturated heterocycles. The molecular weight excluding hydrogens is 564 g/mol. The molecule has 0 amide bonds. The lowest BCUT2D eigenvalue weighted by atomic mass is 9.82. The second kappa shape index (κ2) is 9.90. The molecule has 0 aromatic heterocycles. The fraction of sp³-hybridized carbons (Fsp3) is 0.143. The standard InChI is InChI=1S/C28H14F12/c29-25(30,31)15-13-19(16-7-1-4-10-21(16)26(32,33)34)24(18-9-3-6-12-23(18)28(38,39)40)20(14-15)17-8-2-5-11-22(17)27(35,36)37/h1-14H. The van der Waals surface area contributed by atoms with Gasteiger partial charge in [0.2, 0.25) is 0 Å². The fourth-order valence-corrected chi connectivity index (χ4v) is 4.40. The molecule has 0 aliphatic rings. The van der Waals surface area contributed by atoms with Gasteiger partial charge >= 0.3 is 24.7 Å². The second-order valence-electron chi connectivity index (χ2n) is 8.57. The SMILES string of the molecule is FC(F)(F)c1cc(-c2ccccc2C(F)(F)F)c(-c2ccccc2C(F)(F)F)c(-c2ccccc2C(F)(F)F)c1. The largest absolute Gasteiger partial charge is 0.417 e. The maximum Gasteiger partial charge on any atom is 0.417 e. The minimum atomic E-state index is -5.29. The molecule has 0 spiro atoms. The smallest absolute Gasteiger partial charge is 0.166 e. The molecule has 0 bridgehead atoms. The highest BCUT2D eigenvalue weighted by molar-refractivity contribution is 5.97. The van der Waals surface area contributed by atoms with Crippen molar-refractivity contribution in [3.63, 3.8) is 0 Å². The Bertz CT molecular complexity index is 1460.